The lowest BCUT2D eigenvalue weighted by Gasteiger charge is -2.57. The van der Waals surface area contributed by atoms with Crippen LogP contribution in [0.2, 0.25) is 0 Å². The molecule has 1 spiro atoms. The number of likely N-dealkylation sites (tertiary alicyclic amines) is 1. The minimum absolute atomic E-state index is 0.00514. The summed E-state index contributed by atoms with van der Waals surface area (Å²) in [6.07, 6.45) is 8.64. The zero-order valence-electron chi connectivity index (χ0n) is 22.6. The van der Waals surface area contributed by atoms with E-state index in [1.54, 1.807) is 18.5 Å². The first-order chi connectivity index (χ1) is 19.6. The van der Waals surface area contributed by atoms with E-state index in [-0.39, 0.29) is 17.9 Å². The summed E-state index contributed by atoms with van der Waals surface area (Å²) in [6.45, 7) is 5.31. The van der Waals surface area contributed by atoms with Crippen LogP contribution in [0.3, 0.4) is 0 Å². The maximum atomic E-state index is 13.1. The number of ether oxygens (including phenoxy) is 2. The van der Waals surface area contributed by atoms with E-state index >= 15 is 0 Å². The first-order valence-electron chi connectivity index (χ1n) is 14.2. The number of fused-ring (bicyclic) bond motifs is 1. The molecule has 1 aromatic carbocycles. The normalized spacial score (nSPS) is 20.3. The number of aromatic nitrogens is 3. The molecule has 0 radical (unpaired) electrons. The Hall–Kier alpha value is -3.76. The van der Waals surface area contributed by atoms with Crippen molar-refractivity contribution in [2.24, 2.45) is 5.41 Å². The standard InChI is InChI=1S/C30H35N7O3/c31-29-32-10-6-25(36-29)24-14-34-27(23-7-11-40-26(23)24)33-13-19-2-1-3-20(12-19)28(38)35-21-4-8-30(9-5-21)17-37(18-30)22-15-39-16-22/h1-3,6,10,12,14,21-22H,4-5,7-9,11,13,15-18H2,(H,33,34)(H,35,38)(H2,31,32,36). The van der Waals surface area contributed by atoms with Crippen molar-refractivity contribution >= 4 is 17.7 Å². The topological polar surface area (TPSA) is 128 Å². The summed E-state index contributed by atoms with van der Waals surface area (Å²) >= 11 is 0. The molecule has 2 saturated heterocycles. The molecule has 7 rings (SSSR count). The number of amides is 1. The van der Waals surface area contributed by atoms with Crippen LogP contribution in [0.4, 0.5) is 11.8 Å². The molecule has 1 aliphatic carbocycles. The molecule has 3 fully saturated rings. The van der Waals surface area contributed by atoms with Gasteiger partial charge in [-0.1, -0.05) is 12.1 Å². The zero-order chi connectivity index (χ0) is 27.1. The van der Waals surface area contributed by atoms with Crippen molar-refractivity contribution in [2.45, 2.75) is 50.7 Å². The lowest BCUT2D eigenvalue weighted by molar-refractivity contribution is -0.140. The van der Waals surface area contributed by atoms with Crippen LogP contribution < -0.4 is 21.1 Å². The second kappa shape index (κ2) is 10.3. The fourth-order valence-corrected chi connectivity index (χ4v) is 6.52. The van der Waals surface area contributed by atoms with Gasteiger partial charge in [-0.3, -0.25) is 9.69 Å². The smallest absolute Gasteiger partial charge is 0.251 e. The van der Waals surface area contributed by atoms with Gasteiger partial charge in [0.1, 0.15) is 11.6 Å². The van der Waals surface area contributed by atoms with Crippen molar-refractivity contribution < 1.29 is 14.3 Å². The van der Waals surface area contributed by atoms with Gasteiger partial charge in [0, 0.05) is 55.6 Å². The molecule has 5 heterocycles. The van der Waals surface area contributed by atoms with E-state index in [9.17, 15) is 4.79 Å². The number of carbonyl (C=O) groups excluding carboxylic acids is 1. The van der Waals surface area contributed by atoms with Crippen LogP contribution in [0.5, 0.6) is 5.75 Å². The Morgan fingerprint density at radius 1 is 1.15 bits per heavy atom. The van der Waals surface area contributed by atoms with Gasteiger partial charge in [-0.05, 0) is 54.9 Å². The first kappa shape index (κ1) is 25.2. The quantitative estimate of drug-likeness (QED) is 0.414. The average molecular weight is 542 g/mol. The molecule has 2 aromatic heterocycles. The summed E-state index contributed by atoms with van der Waals surface area (Å²) in [4.78, 5) is 28.7. The van der Waals surface area contributed by atoms with Gasteiger partial charge in [0.25, 0.3) is 5.91 Å². The molecule has 3 aliphatic heterocycles. The summed E-state index contributed by atoms with van der Waals surface area (Å²) in [5.41, 5.74) is 10.5. The molecule has 0 bridgehead atoms. The Bertz CT molecular complexity index is 1410. The number of rotatable bonds is 7. The number of nitrogens with one attached hydrogen (secondary N) is 2. The number of anilines is 2. The van der Waals surface area contributed by atoms with Crippen molar-refractivity contribution in [3.8, 4) is 17.0 Å². The minimum Gasteiger partial charge on any atom is -0.492 e. The van der Waals surface area contributed by atoms with Crippen LogP contribution >= 0.6 is 0 Å². The average Bonchev–Trinajstić information content (AvgIpc) is 3.41. The molecular formula is C30H35N7O3. The van der Waals surface area contributed by atoms with E-state index in [1.165, 1.54) is 25.9 Å². The third-order valence-electron chi connectivity index (χ3n) is 8.92. The van der Waals surface area contributed by atoms with Crippen molar-refractivity contribution in [3.05, 3.63) is 59.4 Å². The predicted molar refractivity (Wildman–Crippen MR) is 151 cm³/mol. The van der Waals surface area contributed by atoms with Crippen LogP contribution in [-0.4, -0.2) is 70.8 Å². The highest BCUT2D eigenvalue weighted by Gasteiger charge is 2.48. The minimum atomic E-state index is 0.00514. The molecule has 10 nitrogen and oxygen atoms in total. The first-order valence-corrected chi connectivity index (χ1v) is 14.2. The van der Waals surface area contributed by atoms with Crippen molar-refractivity contribution in [2.75, 3.05) is 44.0 Å². The molecule has 1 saturated carbocycles. The van der Waals surface area contributed by atoms with Gasteiger partial charge in [-0.2, -0.15) is 0 Å². The highest BCUT2D eigenvalue weighted by molar-refractivity contribution is 5.94. The van der Waals surface area contributed by atoms with Gasteiger partial charge in [-0.15, -0.1) is 0 Å². The number of nitrogens with two attached hydrogens (primary N) is 1. The zero-order valence-corrected chi connectivity index (χ0v) is 22.6. The fraction of sp³-hybridized carbons (Fsp3) is 0.467. The largest absolute Gasteiger partial charge is 0.492 e. The van der Waals surface area contributed by atoms with Gasteiger partial charge in [-0.25, -0.2) is 15.0 Å². The van der Waals surface area contributed by atoms with Gasteiger partial charge in [0.15, 0.2) is 0 Å². The molecule has 0 atom stereocenters. The molecule has 208 valence electrons. The SMILES string of the molecule is Nc1nccc(-c2cnc(NCc3cccc(C(=O)NC4CCC5(CC4)CN(C4COC4)C5)c3)c3c2OCC3)n1. The number of benzene rings is 1. The van der Waals surface area contributed by atoms with E-state index in [0.29, 0.717) is 35.9 Å². The van der Waals surface area contributed by atoms with Gasteiger partial charge in [0.05, 0.1) is 37.1 Å². The second-order valence-electron chi connectivity index (χ2n) is 11.6. The highest BCUT2D eigenvalue weighted by Crippen LogP contribution is 2.45. The van der Waals surface area contributed by atoms with Gasteiger partial charge < -0.3 is 25.8 Å². The van der Waals surface area contributed by atoms with Crippen LogP contribution in [-0.2, 0) is 17.7 Å². The summed E-state index contributed by atoms with van der Waals surface area (Å²) in [6, 6.07) is 10.5. The highest BCUT2D eigenvalue weighted by atomic mass is 16.5. The van der Waals surface area contributed by atoms with E-state index in [2.05, 4.69) is 30.5 Å². The Morgan fingerprint density at radius 3 is 2.77 bits per heavy atom. The van der Waals surface area contributed by atoms with Gasteiger partial charge in [0.2, 0.25) is 5.95 Å². The Labute approximate surface area is 233 Å². The van der Waals surface area contributed by atoms with Crippen molar-refractivity contribution in [3.63, 3.8) is 0 Å². The molecular weight excluding hydrogens is 506 g/mol. The summed E-state index contributed by atoms with van der Waals surface area (Å²) in [7, 11) is 0. The summed E-state index contributed by atoms with van der Waals surface area (Å²) in [5, 5.41) is 6.75. The van der Waals surface area contributed by atoms with E-state index < -0.39 is 0 Å². The van der Waals surface area contributed by atoms with Crippen LogP contribution in [0.1, 0.15) is 47.2 Å². The molecule has 4 aliphatic rings. The van der Waals surface area contributed by atoms with E-state index in [1.807, 2.05) is 24.3 Å². The molecule has 1 amide bonds. The Kier molecular flexibility index (Phi) is 6.51. The number of nitrogen functional groups attached to an aromatic ring is 1. The van der Waals surface area contributed by atoms with Crippen molar-refractivity contribution in [1.29, 1.82) is 0 Å². The molecule has 10 heteroatoms. The van der Waals surface area contributed by atoms with E-state index in [0.717, 1.165) is 60.7 Å². The molecule has 3 aromatic rings. The number of pyridine rings is 1. The number of hydrogen-bond acceptors (Lipinski definition) is 9. The van der Waals surface area contributed by atoms with Crippen LogP contribution in [0.15, 0.2) is 42.7 Å². The summed E-state index contributed by atoms with van der Waals surface area (Å²) in [5.74, 6) is 1.78. The predicted octanol–water partition coefficient (Wildman–Crippen LogP) is 3.04. The molecule has 4 N–H and O–H groups in total. The molecule has 40 heavy (non-hydrogen) atoms. The summed E-state index contributed by atoms with van der Waals surface area (Å²) < 4.78 is 11.3. The Balaban J connectivity index is 0.955. The van der Waals surface area contributed by atoms with E-state index in [4.69, 9.17) is 15.2 Å². The van der Waals surface area contributed by atoms with Crippen LogP contribution in [0.25, 0.3) is 11.3 Å². The lowest BCUT2D eigenvalue weighted by Crippen LogP contribution is -2.65. The lowest BCUT2D eigenvalue weighted by atomic mass is 9.67. The monoisotopic (exact) mass is 541 g/mol. The third kappa shape index (κ3) is 4.86. The maximum absolute atomic E-state index is 13.1. The number of nitrogens with zero attached hydrogens (tertiary/aromatic N) is 4. The maximum Gasteiger partial charge on any atom is 0.251 e. The Morgan fingerprint density at radius 2 is 2.00 bits per heavy atom. The van der Waals surface area contributed by atoms with Gasteiger partial charge >= 0.3 is 0 Å². The molecule has 0 unspecified atom stereocenters. The van der Waals surface area contributed by atoms with Crippen LogP contribution in [0, 0.1) is 5.41 Å². The van der Waals surface area contributed by atoms with Crippen molar-refractivity contribution in [1.82, 2.24) is 25.2 Å². The second-order valence-corrected chi connectivity index (χ2v) is 11.6. The third-order valence-corrected chi connectivity index (χ3v) is 8.92. The fourth-order valence-electron chi connectivity index (χ4n) is 6.52. The number of carbonyl (C=O) groups is 1. The number of hydrogen-bond donors (Lipinski definition) is 3.